The number of allylic oxidation sites excluding steroid dienone is 2. The molecule has 0 saturated carbocycles. The zero-order chi connectivity index (χ0) is 10.6. The average Bonchev–Trinajstić information content (AvgIpc) is 2.14. The van der Waals surface area contributed by atoms with Crippen LogP contribution in [0.1, 0.15) is 26.2 Å². The first kappa shape index (κ1) is 12.4. The van der Waals surface area contributed by atoms with E-state index >= 15 is 0 Å². The highest BCUT2D eigenvalue weighted by molar-refractivity contribution is 8.14. The molecule has 0 aromatic carbocycles. The van der Waals surface area contributed by atoms with E-state index in [-0.39, 0.29) is 11.0 Å². The molecule has 14 heavy (non-hydrogen) atoms. The van der Waals surface area contributed by atoms with Crippen LogP contribution < -0.4 is 0 Å². The lowest BCUT2D eigenvalue weighted by atomic mass is 10.1. The molecule has 1 aliphatic rings. The van der Waals surface area contributed by atoms with Gasteiger partial charge in [-0.05, 0) is 19.3 Å². The second-order valence-corrected chi connectivity index (χ2v) is 5.93. The molecular formula is C10H14Cl2OS. The van der Waals surface area contributed by atoms with E-state index in [0.717, 1.165) is 25.0 Å². The van der Waals surface area contributed by atoms with Gasteiger partial charge in [0.15, 0.2) is 4.33 Å². The van der Waals surface area contributed by atoms with E-state index in [1.165, 1.54) is 11.8 Å². The Hall–Kier alpha value is 0.340. The molecule has 4 heteroatoms. The van der Waals surface area contributed by atoms with Crippen molar-refractivity contribution in [1.29, 1.82) is 0 Å². The molecule has 1 unspecified atom stereocenters. The van der Waals surface area contributed by atoms with Crippen LogP contribution in [0.25, 0.3) is 0 Å². The van der Waals surface area contributed by atoms with Crippen LogP contribution in [-0.4, -0.2) is 15.2 Å². The van der Waals surface area contributed by atoms with Gasteiger partial charge in [0.2, 0.25) is 5.12 Å². The Morgan fingerprint density at radius 1 is 1.50 bits per heavy atom. The van der Waals surface area contributed by atoms with Crippen LogP contribution in [0, 0.1) is 5.92 Å². The van der Waals surface area contributed by atoms with Gasteiger partial charge in [-0.15, -0.1) is 0 Å². The van der Waals surface area contributed by atoms with Gasteiger partial charge in [-0.25, -0.2) is 0 Å². The minimum absolute atomic E-state index is 0.121. The molecule has 0 aromatic rings. The Kier molecular flexibility index (Phi) is 4.81. The minimum Gasteiger partial charge on any atom is -0.284 e. The maximum atomic E-state index is 11.6. The monoisotopic (exact) mass is 252 g/mol. The number of alkyl halides is 2. The fourth-order valence-corrected chi connectivity index (χ4v) is 2.62. The molecule has 0 amide bonds. The topological polar surface area (TPSA) is 17.1 Å². The van der Waals surface area contributed by atoms with Crippen molar-refractivity contribution < 1.29 is 4.79 Å². The van der Waals surface area contributed by atoms with Gasteiger partial charge >= 0.3 is 0 Å². The van der Waals surface area contributed by atoms with Crippen molar-refractivity contribution in [1.82, 2.24) is 0 Å². The maximum Gasteiger partial charge on any atom is 0.225 e. The lowest BCUT2D eigenvalue weighted by molar-refractivity contribution is -0.112. The highest BCUT2D eigenvalue weighted by Gasteiger charge is 2.38. The number of rotatable bonds is 0. The molecule has 0 saturated heterocycles. The van der Waals surface area contributed by atoms with Crippen LogP contribution in [-0.2, 0) is 4.79 Å². The van der Waals surface area contributed by atoms with Crippen molar-refractivity contribution >= 4 is 40.1 Å². The molecule has 0 spiro atoms. The first-order valence-corrected chi connectivity index (χ1v) is 6.51. The maximum absolute atomic E-state index is 11.6. The summed E-state index contributed by atoms with van der Waals surface area (Å²) in [4.78, 5) is 11.6. The van der Waals surface area contributed by atoms with Crippen LogP contribution >= 0.6 is 35.0 Å². The van der Waals surface area contributed by atoms with E-state index in [2.05, 4.69) is 6.08 Å². The van der Waals surface area contributed by atoms with Crippen molar-refractivity contribution in [2.24, 2.45) is 5.92 Å². The first-order valence-electron chi connectivity index (χ1n) is 4.77. The summed E-state index contributed by atoms with van der Waals surface area (Å²) in [6.45, 7) is 1.87. The molecule has 0 aliphatic carbocycles. The van der Waals surface area contributed by atoms with Gasteiger partial charge in [-0.2, -0.15) is 0 Å². The normalized spacial score (nSPS) is 31.1. The Morgan fingerprint density at radius 3 is 2.93 bits per heavy atom. The number of carbonyl (C=O) groups is 1. The molecule has 0 aromatic heterocycles. The zero-order valence-corrected chi connectivity index (χ0v) is 10.5. The van der Waals surface area contributed by atoms with Crippen molar-refractivity contribution in [3.8, 4) is 0 Å². The zero-order valence-electron chi connectivity index (χ0n) is 8.13. The lowest BCUT2D eigenvalue weighted by Crippen LogP contribution is -2.30. The van der Waals surface area contributed by atoms with Gasteiger partial charge in [-0.1, -0.05) is 54.0 Å². The van der Waals surface area contributed by atoms with Gasteiger partial charge in [0.05, 0.1) is 0 Å². The molecule has 0 radical (unpaired) electrons. The predicted molar refractivity (Wildman–Crippen MR) is 64.1 cm³/mol. The number of hydrogen-bond donors (Lipinski definition) is 0. The molecule has 0 N–H and O–H groups in total. The molecule has 0 fully saturated rings. The lowest BCUT2D eigenvalue weighted by Gasteiger charge is -2.23. The van der Waals surface area contributed by atoms with Gasteiger partial charge in [0, 0.05) is 11.7 Å². The number of halogens is 2. The quantitative estimate of drug-likeness (QED) is 0.482. The van der Waals surface area contributed by atoms with Gasteiger partial charge in [0.25, 0.3) is 0 Å². The largest absolute Gasteiger partial charge is 0.284 e. The van der Waals surface area contributed by atoms with Gasteiger partial charge < -0.3 is 0 Å². The third kappa shape index (κ3) is 3.18. The van der Waals surface area contributed by atoms with Gasteiger partial charge in [0.1, 0.15) is 0 Å². The standard InChI is InChI=1S/C10H14Cl2OS/c1-8-6-4-2-3-5-7-14-9(13)10(8,11)12/h4,6,8H,2-3,5,7H2,1H3/b6-4+. The molecule has 1 rings (SSSR count). The third-order valence-corrected chi connectivity index (χ3v) is 4.60. The second-order valence-electron chi connectivity index (χ2n) is 3.47. The molecule has 1 heterocycles. The highest BCUT2D eigenvalue weighted by atomic mass is 35.5. The van der Waals surface area contributed by atoms with Crippen molar-refractivity contribution in [3.05, 3.63) is 12.2 Å². The molecule has 80 valence electrons. The summed E-state index contributed by atoms with van der Waals surface area (Å²) in [7, 11) is 0. The second kappa shape index (κ2) is 5.43. The highest BCUT2D eigenvalue weighted by Crippen LogP contribution is 2.37. The number of thioether (sulfide) groups is 1. The van der Waals surface area contributed by atoms with Crippen LogP contribution in [0.15, 0.2) is 12.2 Å². The SMILES string of the molecule is CC1/C=C/CCCCSC(=O)C1(Cl)Cl. The van der Waals surface area contributed by atoms with Crippen LogP contribution in [0.5, 0.6) is 0 Å². The molecule has 1 aliphatic heterocycles. The van der Waals surface area contributed by atoms with E-state index in [4.69, 9.17) is 23.2 Å². The van der Waals surface area contributed by atoms with E-state index in [1.54, 1.807) is 0 Å². The van der Waals surface area contributed by atoms with Crippen molar-refractivity contribution in [2.45, 2.75) is 30.5 Å². The van der Waals surface area contributed by atoms with Gasteiger partial charge in [-0.3, -0.25) is 4.79 Å². The first-order chi connectivity index (χ1) is 6.55. The smallest absolute Gasteiger partial charge is 0.225 e. The minimum atomic E-state index is -1.27. The Morgan fingerprint density at radius 2 is 2.21 bits per heavy atom. The Balaban J connectivity index is 2.76. The van der Waals surface area contributed by atoms with E-state index in [1.807, 2.05) is 13.0 Å². The van der Waals surface area contributed by atoms with E-state index in [0.29, 0.717) is 0 Å². The summed E-state index contributed by atoms with van der Waals surface area (Å²) in [5.41, 5.74) is 0. The predicted octanol–water partition coefficient (Wildman–Crippen LogP) is 3.80. The fraction of sp³-hybridized carbons (Fsp3) is 0.700. The van der Waals surface area contributed by atoms with Crippen molar-refractivity contribution in [2.75, 3.05) is 5.75 Å². The molecule has 0 bridgehead atoms. The number of carbonyl (C=O) groups excluding carboxylic acids is 1. The van der Waals surface area contributed by atoms with Crippen LogP contribution in [0.3, 0.4) is 0 Å². The third-order valence-electron chi connectivity index (χ3n) is 2.27. The van der Waals surface area contributed by atoms with Crippen molar-refractivity contribution in [3.63, 3.8) is 0 Å². The summed E-state index contributed by atoms with van der Waals surface area (Å²) in [5, 5.41) is -0.125. The fourth-order valence-electron chi connectivity index (χ4n) is 1.23. The summed E-state index contributed by atoms with van der Waals surface area (Å²) in [5.74, 6) is 0.699. The molecule has 1 atom stereocenters. The molecular weight excluding hydrogens is 239 g/mol. The summed E-state index contributed by atoms with van der Waals surface area (Å²) in [6, 6.07) is 0. The Bertz CT molecular complexity index is 238. The Labute approximate surface area is 99.2 Å². The van der Waals surface area contributed by atoms with Crippen LogP contribution in [0.2, 0.25) is 0 Å². The summed E-state index contributed by atoms with van der Waals surface area (Å²) in [6.07, 6.45) is 7.21. The average molecular weight is 253 g/mol. The van der Waals surface area contributed by atoms with Crippen LogP contribution in [0.4, 0.5) is 0 Å². The van der Waals surface area contributed by atoms with E-state index in [9.17, 15) is 4.79 Å². The number of hydrogen-bond acceptors (Lipinski definition) is 2. The summed E-state index contributed by atoms with van der Waals surface area (Å²) < 4.78 is -1.27. The molecule has 1 nitrogen and oxygen atoms in total. The van der Waals surface area contributed by atoms with E-state index < -0.39 is 4.33 Å². The summed E-state index contributed by atoms with van der Waals surface area (Å²) >= 11 is 13.3.